The topological polar surface area (TPSA) is 79.5 Å². The number of nitrogens with one attached hydrogen (secondary N) is 3. The first-order chi connectivity index (χ1) is 12.5. The van der Waals surface area contributed by atoms with Gasteiger partial charge in [0.1, 0.15) is 11.7 Å². The highest BCUT2D eigenvalue weighted by Crippen LogP contribution is 2.31. The highest BCUT2D eigenvalue weighted by Gasteiger charge is 2.37. The summed E-state index contributed by atoms with van der Waals surface area (Å²) in [5.41, 5.74) is 2.92. The van der Waals surface area contributed by atoms with Crippen molar-refractivity contribution in [3.63, 3.8) is 0 Å². The fourth-order valence-electron chi connectivity index (χ4n) is 3.03. The van der Waals surface area contributed by atoms with Gasteiger partial charge in [-0.2, -0.15) is 0 Å². The normalized spacial score (nSPS) is 19.3. The Morgan fingerprint density at radius 1 is 1.19 bits per heavy atom. The Morgan fingerprint density at radius 2 is 1.92 bits per heavy atom. The van der Waals surface area contributed by atoms with E-state index in [1.54, 1.807) is 31.4 Å². The SMILES string of the molecule is C=C1NC(=O)N[C@@H](c2cccc(C)c2)[C@@H]1C(=O)Nc1ccc(OC)cc1. The standard InChI is InChI=1S/C20H21N3O3/c1-12-5-4-6-14(11-12)18-17(13(2)21-20(25)23-18)19(24)22-15-7-9-16(26-3)10-8-15/h4-11,17-18H,2H2,1,3H3,(H,22,24)(H2,21,23,25)/t17-,18+/m1/s1. The summed E-state index contributed by atoms with van der Waals surface area (Å²) < 4.78 is 5.12. The average Bonchev–Trinajstić information content (AvgIpc) is 2.61. The zero-order valence-electron chi connectivity index (χ0n) is 14.7. The summed E-state index contributed by atoms with van der Waals surface area (Å²) in [4.78, 5) is 24.8. The van der Waals surface area contributed by atoms with Gasteiger partial charge in [-0.1, -0.05) is 36.4 Å². The van der Waals surface area contributed by atoms with Gasteiger partial charge in [-0.3, -0.25) is 4.79 Å². The van der Waals surface area contributed by atoms with Crippen molar-refractivity contribution < 1.29 is 14.3 Å². The molecule has 0 unspecified atom stereocenters. The first-order valence-corrected chi connectivity index (χ1v) is 8.25. The van der Waals surface area contributed by atoms with Crippen molar-refractivity contribution >= 4 is 17.6 Å². The molecule has 26 heavy (non-hydrogen) atoms. The minimum atomic E-state index is -0.642. The molecule has 0 saturated carbocycles. The van der Waals surface area contributed by atoms with Crippen LogP contribution in [0, 0.1) is 12.8 Å². The molecular formula is C20H21N3O3. The van der Waals surface area contributed by atoms with Gasteiger partial charge in [0.05, 0.1) is 13.2 Å². The number of rotatable bonds is 4. The van der Waals surface area contributed by atoms with Crippen molar-refractivity contribution in [2.45, 2.75) is 13.0 Å². The number of benzene rings is 2. The second-order valence-electron chi connectivity index (χ2n) is 6.21. The second kappa shape index (κ2) is 7.31. The molecule has 1 heterocycles. The van der Waals surface area contributed by atoms with Gasteiger partial charge in [0.15, 0.2) is 0 Å². The van der Waals surface area contributed by atoms with E-state index in [0.29, 0.717) is 17.1 Å². The second-order valence-corrected chi connectivity index (χ2v) is 6.21. The van der Waals surface area contributed by atoms with Gasteiger partial charge in [-0.15, -0.1) is 0 Å². The lowest BCUT2D eigenvalue weighted by Crippen LogP contribution is -2.51. The average molecular weight is 351 g/mol. The van der Waals surface area contributed by atoms with Crippen LogP contribution in [0.5, 0.6) is 5.75 Å². The lowest BCUT2D eigenvalue weighted by Gasteiger charge is -2.34. The van der Waals surface area contributed by atoms with E-state index in [9.17, 15) is 9.59 Å². The molecule has 6 nitrogen and oxygen atoms in total. The maximum Gasteiger partial charge on any atom is 0.319 e. The molecule has 1 aliphatic heterocycles. The van der Waals surface area contributed by atoms with E-state index in [0.717, 1.165) is 11.1 Å². The van der Waals surface area contributed by atoms with Crippen LogP contribution in [-0.4, -0.2) is 19.0 Å². The number of carbonyl (C=O) groups is 2. The summed E-state index contributed by atoms with van der Waals surface area (Å²) in [6.45, 7) is 5.85. The quantitative estimate of drug-likeness (QED) is 0.792. The molecule has 1 fully saturated rings. The molecule has 0 radical (unpaired) electrons. The van der Waals surface area contributed by atoms with Crippen LogP contribution in [0.25, 0.3) is 0 Å². The third kappa shape index (κ3) is 3.69. The summed E-state index contributed by atoms with van der Waals surface area (Å²) in [5, 5.41) is 8.31. The van der Waals surface area contributed by atoms with Gasteiger partial charge < -0.3 is 20.7 Å². The zero-order chi connectivity index (χ0) is 18.7. The van der Waals surface area contributed by atoms with E-state index in [4.69, 9.17) is 4.74 Å². The van der Waals surface area contributed by atoms with E-state index in [1.807, 2.05) is 31.2 Å². The lowest BCUT2D eigenvalue weighted by atomic mass is 9.87. The Hall–Kier alpha value is -3.28. The molecule has 0 bridgehead atoms. The summed E-state index contributed by atoms with van der Waals surface area (Å²) in [5.74, 6) is -0.188. The molecule has 0 spiro atoms. The predicted molar refractivity (Wildman–Crippen MR) is 99.8 cm³/mol. The molecule has 2 aromatic carbocycles. The van der Waals surface area contributed by atoms with Crippen molar-refractivity contribution in [2.24, 2.45) is 5.92 Å². The van der Waals surface area contributed by atoms with Crippen LogP contribution < -0.4 is 20.7 Å². The van der Waals surface area contributed by atoms with Crippen LogP contribution in [0.2, 0.25) is 0 Å². The molecule has 6 heteroatoms. The third-order valence-corrected chi connectivity index (χ3v) is 4.31. The smallest absolute Gasteiger partial charge is 0.319 e. The largest absolute Gasteiger partial charge is 0.497 e. The first kappa shape index (κ1) is 17.5. The van der Waals surface area contributed by atoms with E-state index < -0.39 is 12.0 Å². The summed E-state index contributed by atoms with van der Waals surface area (Å²) in [6.07, 6.45) is 0. The van der Waals surface area contributed by atoms with E-state index in [2.05, 4.69) is 22.5 Å². The number of amides is 3. The van der Waals surface area contributed by atoms with Crippen LogP contribution in [-0.2, 0) is 4.79 Å². The molecule has 1 saturated heterocycles. The number of aryl methyl sites for hydroxylation is 1. The highest BCUT2D eigenvalue weighted by molar-refractivity contribution is 5.97. The number of hydrogen-bond donors (Lipinski definition) is 3. The number of ether oxygens (including phenoxy) is 1. The van der Waals surface area contributed by atoms with Crippen LogP contribution >= 0.6 is 0 Å². The minimum absolute atomic E-state index is 0.251. The molecule has 3 rings (SSSR count). The van der Waals surface area contributed by atoms with Gasteiger partial charge in [0.2, 0.25) is 5.91 Å². The molecule has 0 aliphatic carbocycles. The van der Waals surface area contributed by atoms with Crippen LogP contribution in [0.15, 0.2) is 60.8 Å². The van der Waals surface area contributed by atoms with Gasteiger partial charge in [0.25, 0.3) is 0 Å². The summed E-state index contributed by atoms with van der Waals surface area (Å²) >= 11 is 0. The Bertz CT molecular complexity index is 846. The molecule has 1 aliphatic rings. The van der Waals surface area contributed by atoms with Gasteiger partial charge in [-0.25, -0.2) is 4.79 Å². The predicted octanol–water partition coefficient (Wildman–Crippen LogP) is 3.13. The van der Waals surface area contributed by atoms with Crippen LogP contribution in [0.1, 0.15) is 17.2 Å². The van der Waals surface area contributed by atoms with E-state index in [-0.39, 0.29) is 11.9 Å². The fraction of sp³-hybridized carbons (Fsp3) is 0.200. The van der Waals surface area contributed by atoms with Crippen molar-refractivity contribution in [3.05, 3.63) is 71.9 Å². The maximum atomic E-state index is 12.9. The molecule has 3 amide bonds. The third-order valence-electron chi connectivity index (χ3n) is 4.31. The zero-order valence-corrected chi connectivity index (χ0v) is 14.7. The number of carbonyl (C=O) groups excluding carboxylic acids is 2. The van der Waals surface area contributed by atoms with Crippen molar-refractivity contribution in [3.8, 4) is 5.75 Å². The Balaban J connectivity index is 1.86. The maximum absolute atomic E-state index is 12.9. The minimum Gasteiger partial charge on any atom is -0.497 e. The summed E-state index contributed by atoms with van der Waals surface area (Å²) in [7, 11) is 1.58. The first-order valence-electron chi connectivity index (χ1n) is 8.25. The molecule has 0 aromatic heterocycles. The van der Waals surface area contributed by atoms with Crippen molar-refractivity contribution in [1.29, 1.82) is 0 Å². The Morgan fingerprint density at radius 3 is 2.58 bits per heavy atom. The lowest BCUT2D eigenvalue weighted by molar-refractivity contribution is -0.119. The van der Waals surface area contributed by atoms with E-state index >= 15 is 0 Å². The monoisotopic (exact) mass is 351 g/mol. The van der Waals surface area contributed by atoms with Crippen molar-refractivity contribution in [1.82, 2.24) is 10.6 Å². The number of methoxy groups -OCH3 is 1. The van der Waals surface area contributed by atoms with Gasteiger partial charge in [0, 0.05) is 11.4 Å². The van der Waals surface area contributed by atoms with Crippen molar-refractivity contribution in [2.75, 3.05) is 12.4 Å². The highest BCUT2D eigenvalue weighted by atomic mass is 16.5. The summed E-state index contributed by atoms with van der Waals surface area (Å²) in [6, 6.07) is 13.9. The fourth-order valence-corrected chi connectivity index (χ4v) is 3.03. The molecule has 2 aromatic rings. The van der Waals surface area contributed by atoms with Gasteiger partial charge >= 0.3 is 6.03 Å². The molecule has 3 N–H and O–H groups in total. The number of hydrogen-bond acceptors (Lipinski definition) is 3. The molecular weight excluding hydrogens is 330 g/mol. The van der Waals surface area contributed by atoms with E-state index in [1.165, 1.54) is 0 Å². The number of urea groups is 1. The molecule has 134 valence electrons. The van der Waals surface area contributed by atoms with Crippen LogP contribution in [0.3, 0.4) is 0 Å². The molecule has 2 atom stereocenters. The number of anilines is 1. The van der Waals surface area contributed by atoms with Gasteiger partial charge in [-0.05, 0) is 36.8 Å². The van der Waals surface area contributed by atoms with Crippen LogP contribution in [0.4, 0.5) is 10.5 Å². The Labute approximate surface area is 152 Å². The Kier molecular flexibility index (Phi) is 4.93.